The molecule has 114 heavy (non-hydrogen) atoms. The molecule has 6 heterocycles. The van der Waals surface area contributed by atoms with Gasteiger partial charge in [-0.2, -0.15) is 13.2 Å². The van der Waals surface area contributed by atoms with Crippen molar-refractivity contribution in [2.75, 3.05) is 56.4 Å². The molecule has 3 radical (unpaired) electrons. The molecule has 0 saturated heterocycles. The van der Waals surface area contributed by atoms with Gasteiger partial charge in [0.1, 0.15) is 0 Å². The molecule has 4 aromatic carbocycles. The van der Waals surface area contributed by atoms with Gasteiger partial charge in [0, 0.05) is 214 Å². The van der Waals surface area contributed by atoms with Gasteiger partial charge >= 0.3 is 38.2 Å². The fraction of sp³-hybridized carbons (Fsp3) is 0.197. The Balaban J connectivity index is -0.000000397. The standard InChI is InChI=1S/C57H39N6O3.4C3H7NO.3C2H4O2.CHF3O3S.3Mn.4O.Y/c64-55(49-25-7-13-31-58-49,50-26-8-14-32-59-50)46-22-4-1-19-43(46)40-37-41(44-20-2-5-23-47(44)56(65,51-27-9-15-33-60-51)52-28-10-16-34-61-52)39-42(38-40)45-21-3-6-24-48(45)57(66,53-29-11-17-35-62-53)54-30-12-18-36-63-54;4*1-4(2)3-5;3*1-2(3)4;2-1(3,4)8(5,6)7;;;;;;;;/h1-39H;4*3H,1-2H3;3*1H3,(H,3,4);(H,5,6,7);;;;;;;;/q-3;;;;;;;;;;;;4*-2;+3/p-4. The Hall–Kier alpha value is -9.85. The predicted molar refractivity (Wildman–Crippen MR) is 377 cm³/mol. The molecular weight excluding hydrogens is 1720 g/mol. The first-order valence-corrected chi connectivity index (χ1v) is 32.4. The number of hydrogen-bond acceptors (Lipinski definition) is 22. The molecule has 6 aromatic heterocycles. The van der Waals surface area contributed by atoms with Crippen LogP contribution in [0.5, 0.6) is 0 Å². The van der Waals surface area contributed by atoms with Gasteiger partial charge in [-0.05, 0) is 162 Å². The maximum absolute atomic E-state index is 16.0. The molecule has 4 amide bonds. The van der Waals surface area contributed by atoms with Gasteiger partial charge in [-0.1, -0.05) is 109 Å². The number of halogens is 3. The number of nitrogens with zero attached hydrogens (tertiary/aromatic N) is 10. The van der Waals surface area contributed by atoms with Crippen LogP contribution in [0.2, 0.25) is 0 Å². The fourth-order valence-electron chi connectivity index (χ4n) is 8.87. The average molecular weight is 1790 g/mol. The number of amides is 4. The Morgan fingerprint density at radius 1 is 0.342 bits per heavy atom. The zero-order valence-electron chi connectivity index (χ0n) is 62.7. The maximum Gasteiger partial charge on any atom is 3.00 e. The van der Waals surface area contributed by atoms with E-state index in [0.717, 1.165) is 46.4 Å². The van der Waals surface area contributed by atoms with Gasteiger partial charge < -0.3 is 91.1 Å². The fourth-order valence-corrected chi connectivity index (χ4v) is 8.87. The van der Waals surface area contributed by atoms with E-state index in [1.807, 2.05) is 91.0 Å². The van der Waals surface area contributed by atoms with Gasteiger partial charge in [0.2, 0.25) is 25.6 Å². The smallest absolute Gasteiger partial charge is 2.00 e. The number of hydrogen-bond donors (Lipinski definition) is 0. The maximum atomic E-state index is 16.0. The Kier molecular flexibility index (Phi) is 60.7. The summed E-state index contributed by atoms with van der Waals surface area (Å²) in [6, 6.07) is 60.1. The molecule has 0 aliphatic rings. The van der Waals surface area contributed by atoms with E-state index >= 15 is 15.3 Å². The van der Waals surface area contributed by atoms with E-state index in [1.54, 1.807) is 203 Å². The summed E-state index contributed by atoms with van der Waals surface area (Å²) in [5.74, 6) is -3.25. The first kappa shape index (κ1) is 117. The third-order valence-electron chi connectivity index (χ3n) is 13.1. The number of aromatic nitrogens is 6. The third kappa shape index (κ3) is 37.9. The summed E-state index contributed by atoms with van der Waals surface area (Å²) in [6.45, 7) is 2.92. The number of aliphatic carboxylic acids is 3. The Morgan fingerprint density at radius 3 is 0.588 bits per heavy atom. The van der Waals surface area contributed by atoms with Crippen molar-refractivity contribution in [3.8, 4) is 33.4 Å². The monoisotopic (exact) mass is 1790 g/mol. The van der Waals surface area contributed by atoms with Crippen LogP contribution >= 0.6 is 0 Å². The van der Waals surface area contributed by atoms with E-state index in [9.17, 15) is 32.3 Å². The number of alkyl halides is 3. The Morgan fingerprint density at radius 2 is 0.474 bits per heavy atom. The number of benzene rings is 4. The normalized spacial score (nSPS) is 9.70. The molecule has 0 atom stereocenters. The summed E-state index contributed by atoms with van der Waals surface area (Å²) in [6.07, 6.45) is 12.6. The van der Waals surface area contributed by atoms with E-state index in [4.69, 9.17) is 42.7 Å². The number of pyridine rings is 6. The molecule has 10 aromatic rings. The second-order valence-corrected chi connectivity index (χ2v) is 23.8. The van der Waals surface area contributed by atoms with Crippen molar-refractivity contribution in [1.82, 2.24) is 49.5 Å². The van der Waals surface area contributed by atoms with Gasteiger partial charge in [0.05, 0.1) is 0 Å². The van der Waals surface area contributed by atoms with E-state index in [1.165, 1.54) is 19.6 Å². The van der Waals surface area contributed by atoms with Gasteiger partial charge in [-0.3, -0.25) is 49.1 Å². The molecule has 38 heteroatoms. The summed E-state index contributed by atoms with van der Waals surface area (Å²) >= 11 is 0. The largest absolute Gasteiger partial charge is 3.00 e. The van der Waals surface area contributed by atoms with Crippen molar-refractivity contribution in [3.05, 3.63) is 288 Å². The number of carboxylic acid groups (broad SMARTS) is 3. The van der Waals surface area contributed by atoms with Crippen LogP contribution in [0.1, 0.15) is 71.6 Å². The van der Waals surface area contributed by atoms with Gasteiger partial charge in [0.25, 0.3) is 0 Å². The molecule has 30 nitrogen and oxygen atoms in total. The predicted octanol–water partition coefficient (Wildman–Crippen LogP) is 2.67. The summed E-state index contributed by atoms with van der Waals surface area (Å²) < 4.78 is 58.9. The number of carbonyl (C=O) groups excluding carboxylic acids is 7. The molecule has 0 unspecified atom stereocenters. The van der Waals surface area contributed by atoms with Crippen LogP contribution in [0.25, 0.3) is 33.4 Å². The van der Waals surface area contributed by atoms with Crippen molar-refractivity contribution in [2.45, 2.75) is 43.1 Å². The van der Waals surface area contributed by atoms with Crippen molar-refractivity contribution in [1.29, 1.82) is 0 Å². The topological polar surface area (TPSA) is 519 Å². The molecule has 0 aliphatic carbocycles. The van der Waals surface area contributed by atoms with Crippen LogP contribution in [0.3, 0.4) is 0 Å². The average Bonchev–Trinajstić information content (AvgIpc) is 0.746. The summed E-state index contributed by atoms with van der Waals surface area (Å²) in [7, 11) is 7.41. The van der Waals surface area contributed by atoms with Crippen molar-refractivity contribution >= 4 is 53.7 Å². The van der Waals surface area contributed by atoms with Crippen LogP contribution in [-0.2, 0) is 166 Å². The molecule has 613 valence electrons. The van der Waals surface area contributed by atoms with Crippen molar-refractivity contribution < 1.29 is 196 Å². The number of carbonyl (C=O) groups is 7. The first-order chi connectivity index (χ1) is 49.9. The van der Waals surface area contributed by atoms with Gasteiger partial charge in [0.15, 0.2) is 10.1 Å². The molecule has 10 rings (SSSR count). The minimum atomic E-state index is -6.09. The van der Waals surface area contributed by atoms with Crippen LogP contribution in [0, 0.1) is 0 Å². The van der Waals surface area contributed by atoms with Crippen LogP contribution < -0.4 is 30.6 Å². The van der Waals surface area contributed by atoms with E-state index in [0.29, 0.717) is 50.1 Å². The van der Waals surface area contributed by atoms with Crippen LogP contribution in [0.4, 0.5) is 13.2 Å². The SMILES string of the molecule is CC(=O)[O-].CC(=O)[O-].CC(=O)[O-].CN(C)C=O.CN(C)C=O.CN(C)C=O.CN(C)C=O.O=S(=O)([O-])C(F)(F)F.[Mn].[Mn].[Mn].[O-2].[O-2].[O-2].[O-2].[O-]C(c1ccccn1)(c1ccccn1)c1ccccc1-c1cc(-c2ccccc2C([O-])(c2ccccn2)c2ccccn2)cc(-c2ccccc2C([O-])(c2ccccn2)c2ccccn2)c1.[Y+3]. The van der Waals surface area contributed by atoms with Crippen LogP contribution in [0.15, 0.2) is 237 Å². The molecule has 0 spiro atoms. The minimum Gasteiger partial charge on any atom is -2.00 e. The van der Waals surface area contributed by atoms with Gasteiger partial charge in [-0.25, -0.2) is 8.42 Å². The molecule has 0 saturated carbocycles. The zero-order chi connectivity index (χ0) is 79.8. The number of rotatable bonds is 16. The second-order valence-electron chi connectivity index (χ2n) is 22.4. The summed E-state index contributed by atoms with van der Waals surface area (Å²) in [4.78, 5) is 97.9. The van der Waals surface area contributed by atoms with Crippen molar-refractivity contribution in [2.24, 2.45) is 0 Å². The van der Waals surface area contributed by atoms with Crippen molar-refractivity contribution in [3.63, 3.8) is 0 Å². The quantitative estimate of drug-likeness (QED) is 0.0580. The first-order valence-electron chi connectivity index (χ1n) is 31.0. The van der Waals surface area contributed by atoms with Gasteiger partial charge in [-0.15, -0.1) is 0 Å². The Bertz CT molecular complexity index is 3920. The second kappa shape index (κ2) is 58.9. The molecule has 0 bridgehead atoms. The minimum absolute atomic E-state index is 0. The summed E-state index contributed by atoms with van der Waals surface area (Å²) in [5, 5.41) is 74.6. The number of carboxylic acids is 3. The molecular formula is C76H76F3Mn3N10O20SY-12. The summed E-state index contributed by atoms with van der Waals surface area (Å²) in [5.41, 5.74) is -5.22. The van der Waals surface area contributed by atoms with E-state index in [2.05, 4.69) is 29.9 Å². The third-order valence-corrected chi connectivity index (χ3v) is 13.6. The molecule has 0 fully saturated rings. The molecule has 0 aliphatic heterocycles. The van der Waals surface area contributed by atoms with Crippen LogP contribution in [-0.4, -0.2) is 168 Å². The molecule has 0 N–H and O–H groups in total. The van der Waals surface area contributed by atoms with E-state index < -0.39 is 50.3 Å². The van der Waals surface area contributed by atoms with E-state index in [-0.39, 0.29) is 140 Å². The Labute approximate surface area is 714 Å². The zero-order valence-corrected chi connectivity index (χ0v) is 69.9.